The van der Waals surface area contributed by atoms with Gasteiger partial charge in [0.2, 0.25) is 5.95 Å². The number of fused-ring (bicyclic) bond motifs is 2. The highest BCUT2D eigenvalue weighted by molar-refractivity contribution is 6.36. The molecule has 3 heterocycles. The Hall–Kier alpha value is -4.09. The van der Waals surface area contributed by atoms with Crippen molar-refractivity contribution in [3.8, 4) is 23.3 Å². The fourth-order valence-corrected chi connectivity index (χ4v) is 3.76. The van der Waals surface area contributed by atoms with Crippen molar-refractivity contribution in [2.24, 2.45) is 0 Å². The minimum atomic E-state index is -0.540. The molecule has 0 radical (unpaired) electrons. The number of hydrogen-bond acceptors (Lipinski definition) is 7. The van der Waals surface area contributed by atoms with Crippen LogP contribution in [0, 0.1) is 11.3 Å². The highest BCUT2D eigenvalue weighted by Gasteiger charge is 2.22. The summed E-state index contributed by atoms with van der Waals surface area (Å²) in [6.07, 6.45) is 1.25. The van der Waals surface area contributed by atoms with Gasteiger partial charge in [-0.25, -0.2) is 4.98 Å². The van der Waals surface area contributed by atoms with E-state index in [4.69, 9.17) is 21.1 Å². The summed E-state index contributed by atoms with van der Waals surface area (Å²) in [6, 6.07) is 18.3. The first-order valence-corrected chi connectivity index (χ1v) is 10.2. The van der Waals surface area contributed by atoms with E-state index in [2.05, 4.69) is 15.3 Å². The van der Waals surface area contributed by atoms with Crippen LogP contribution in [0.2, 0.25) is 5.02 Å². The molecule has 158 valence electrons. The minimum Gasteiger partial charge on any atom is -0.486 e. The van der Waals surface area contributed by atoms with Gasteiger partial charge in [0.1, 0.15) is 24.3 Å². The summed E-state index contributed by atoms with van der Waals surface area (Å²) in [7, 11) is 0. The Labute approximate surface area is 187 Å². The van der Waals surface area contributed by atoms with Crippen LogP contribution in [0.1, 0.15) is 5.56 Å². The molecule has 1 atom stereocenters. The van der Waals surface area contributed by atoms with E-state index in [0.717, 1.165) is 0 Å². The van der Waals surface area contributed by atoms with Crippen molar-refractivity contribution < 1.29 is 9.47 Å². The molecular formula is C23H16ClN5O3. The number of nitriles is 1. The molecule has 4 aromatic rings. The van der Waals surface area contributed by atoms with Gasteiger partial charge in [0, 0.05) is 6.20 Å². The number of nitrogens with one attached hydrogen (secondary N) is 1. The first kappa shape index (κ1) is 19.8. The van der Waals surface area contributed by atoms with Gasteiger partial charge in [-0.05, 0) is 24.3 Å². The van der Waals surface area contributed by atoms with Crippen molar-refractivity contribution >= 4 is 28.6 Å². The van der Waals surface area contributed by atoms with Crippen LogP contribution in [-0.2, 0) is 0 Å². The molecule has 0 unspecified atom stereocenters. The lowest BCUT2D eigenvalue weighted by Crippen LogP contribution is -2.35. The molecule has 0 fully saturated rings. The molecule has 0 saturated heterocycles. The van der Waals surface area contributed by atoms with E-state index in [1.165, 1.54) is 10.8 Å². The molecule has 1 aliphatic heterocycles. The van der Waals surface area contributed by atoms with Crippen molar-refractivity contribution in [3.63, 3.8) is 0 Å². The highest BCUT2D eigenvalue weighted by atomic mass is 35.5. The van der Waals surface area contributed by atoms with Crippen molar-refractivity contribution in [1.29, 1.82) is 5.26 Å². The first-order chi connectivity index (χ1) is 15.7. The third kappa shape index (κ3) is 3.49. The van der Waals surface area contributed by atoms with E-state index in [1.807, 2.05) is 36.4 Å². The number of hydrogen-bond donors (Lipinski definition) is 1. The van der Waals surface area contributed by atoms with E-state index in [9.17, 15) is 10.1 Å². The second kappa shape index (κ2) is 8.21. The van der Waals surface area contributed by atoms with Crippen molar-refractivity contribution in [3.05, 3.63) is 81.7 Å². The molecule has 32 heavy (non-hydrogen) atoms. The van der Waals surface area contributed by atoms with Crippen LogP contribution in [0.4, 0.5) is 5.95 Å². The molecule has 1 N–H and O–H groups in total. The third-order valence-corrected chi connectivity index (χ3v) is 5.43. The van der Waals surface area contributed by atoms with Crippen LogP contribution in [-0.4, -0.2) is 33.8 Å². The zero-order valence-electron chi connectivity index (χ0n) is 16.7. The van der Waals surface area contributed by atoms with Gasteiger partial charge in [0.05, 0.1) is 22.6 Å². The van der Waals surface area contributed by atoms with Crippen LogP contribution in [0.25, 0.3) is 16.7 Å². The lowest BCUT2D eigenvalue weighted by atomic mass is 10.2. The predicted molar refractivity (Wildman–Crippen MR) is 120 cm³/mol. The number of pyridine rings is 1. The Morgan fingerprint density at radius 3 is 2.69 bits per heavy atom. The van der Waals surface area contributed by atoms with E-state index in [1.54, 1.807) is 24.3 Å². The second-order valence-corrected chi connectivity index (χ2v) is 7.46. The van der Waals surface area contributed by atoms with E-state index in [0.29, 0.717) is 47.3 Å². The Kier molecular flexibility index (Phi) is 5.09. The molecule has 2 aromatic carbocycles. The predicted octanol–water partition coefficient (Wildman–Crippen LogP) is 3.56. The van der Waals surface area contributed by atoms with Gasteiger partial charge in [-0.3, -0.25) is 9.36 Å². The Bertz CT molecular complexity index is 1420. The molecule has 0 spiro atoms. The zero-order chi connectivity index (χ0) is 22.1. The smallest absolute Gasteiger partial charge is 0.276 e. The maximum Gasteiger partial charge on any atom is 0.276 e. The van der Waals surface area contributed by atoms with Crippen LogP contribution in [0.3, 0.4) is 0 Å². The van der Waals surface area contributed by atoms with Gasteiger partial charge in [-0.1, -0.05) is 41.9 Å². The van der Waals surface area contributed by atoms with Crippen LogP contribution in [0.5, 0.6) is 11.5 Å². The van der Waals surface area contributed by atoms with E-state index >= 15 is 0 Å². The number of anilines is 1. The van der Waals surface area contributed by atoms with Gasteiger partial charge in [-0.15, -0.1) is 0 Å². The van der Waals surface area contributed by atoms with Crippen LogP contribution in [0.15, 0.2) is 65.6 Å². The van der Waals surface area contributed by atoms with Gasteiger partial charge >= 0.3 is 0 Å². The number of aromatic nitrogens is 3. The summed E-state index contributed by atoms with van der Waals surface area (Å²) >= 11 is 6.33. The zero-order valence-corrected chi connectivity index (χ0v) is 17.4. The summed E-state index contributed by atoms with van der Waals surface area (Å²) in [5, 5.41) is 13.0. The molecule has 5 rings (SSSR count). The number of nitrogens with zero attached hydrogens (tertiary/aromatic N) is 4. The fourth-order valence-electron chi connectivity index (χ4n) is 3.50. The molecule has 9 heteroatoms. The summed E-state index contributed by atoms with van der Waals surface area (Å²) in [5.41, 5.74) is 0.176. The standard InChI is InChI=1S/C23H16ClN5O3/c24-20-16(10-25)22(30)29(14-6-2-1-3-7-14)21-17(20)12-27-23(28-21)26-11-15-13-31-18-8-4-5-9-19(18)32-15/h1-9,12,15H,11,13H2,(H,26,27,28)/t15-/m0/s1. The normalized spacial score (nSPS) is 14.7. The fraction of sp³-hybridized carbons (Fsp3) is 0.130. The first-order valence-electron chi connectivity index (χ1n) is 9.85. The van der Waals surface area contributed by atoms with Crippen molar-refractivity contribution in [2.75, 3.05) is 18.5 Å². The van der Waals surface area contributed by atoms with Gasteiger partial charge < -0.3 is 14.8 Å². The lowest BCUT2D eigenvalue weighted by Gasteiger charge is -2.26. The largest absolute Gasteiger partial charge is 0.486 e. The average Bonchev–Trinajstić information content (AvgIpc) is 2.83. The highest BCUT2D eigenvalue weighted by Crippen LogP contribution is 2.31. The summed E-state index contributed by atoms with van der Waals surface area (Å²) < 4.78 is 13.0. The van der Waals surface area contributed by atoms with Crippen molar-refractivity contribution in [1.82, 2.24) is 14.5 Å². The van der Waals surface area contributed by atoms with Gasteiger partial charge in [0.25, 0.3) is 5.56 Å². The van der Waals surface area contributed by atoms with Crippen LogP contribution < -0.4 is 20.3 Å². The van der Waals surface area contributed by atoms with E-state index in [-0.39, 0.29) is 16.7 Å². The molecule has 0 aliphatic carbocycles. The summed E-state index contributed by atoms with van der Waals surface area (Å²) in [4.78, 5) is 21.8. The van der Waals surface area contributed by atoms with Crippen LogP contribution >= 0.6 is 11.6 Å². The van der Waals surface area contributed by atoms with Gasteiger partial charge in [0.15, 0.2) is 17.1 Å². The van der Waals surface area contributed by atoms with Gasteiger partial charge in [-0.2, -0.15) is 10.2 Å². The molecule has 1 aliphatic rings. The number of benzene rings is 2. The van der Waals surface area contributed by atoms with E-state index < -0.39 is 5.56 Å². The maximum absolute atomic E-state index is 13.0. The lowest BCUT2D eigenvalue weighted by molar-refractivity contribution is 0.0996. The molecule has 0 bridgehead atoms. The number of rotatable bonds is 4. The topological polar surface area (TPSA) is 102 Å². The summed E-state index contributed by atoms with van der Waals surface area (Å²) in [6.45, 7) is 0.767. The molecular weight excluding hydrogens is 430 g/mol. The summed E-state index contributed by atoms with van der Waals surface area (Å²) in [5.74, 6) is 1.68. The molecule has 2 aromatic heterocycles. The Morgan fingerprint density at radius 1 is 1.16 bits per heavy atom. The molecule has 0 amide bonds. The Balaban J connectivity index is 1.50. The SMILES string of the molecule is N#Cc1c(Cl)c2cnc(NC[C@H]3COc4ccccc4O3)nc2n(-c2ccccc2)c1=O. The number of halogens is 1. The Morgan fingerprint density at radius 2 is 1.91 bits per heavy atom. The minimum absolute atomic E-state index is 0.0341. The quantitative estimate of drug-likeness (QED) is 0.512. The monoisotopic (exact) mass is 445 g/mol. The number of ether oxygens (including phenoxy) is 2. The molecule has 8 nitrogen and oxygen atoms in total. The third-order valence-electron chi connectivity index (χ3n) is 5.03. The maximum atomic E-state index is 13.0. The van der Waals surface area contributed by atoms with Crippen molar-refractivity contribution in [2.45, 2.75) is 6.10 Å². The second-order valence-electron chi connectivity index (χ2n) is 7.09. The number of para-hydroxylation sites is 3. The molecule has 0 saturated carbocycles. The average molecular weight is 446 g/mol.